The smallest absolute Gasteiger partial charge is 0.244 e. The van der Waals surface area contributed by atoms with Crippen LogP contribution in [-0.4, -0.2) is 20.0 Å². The summed E-state index contributed by atoms with van der Waals surface area (Å²) in [6, 6.07) is 7.68. The molecule has 1 amide bonds. The van der Waals surface area contributed by atoms with Crippen molar-refractivity contribution in [2.45, 2.75) is 20.8 Å². The fourth-order valence-corrected chi connectivity index (χ4v) is 1.57. The lowest BCUT2D eigenvalue weighted by Gasteiger charge is -2.18. The lowest BCUT2D eigenvalue weighted by Crippen LogP contribution is -2.29. The van der Waals surface area contributed by atoms with Gasteiger partial charge in [-0.25, -0.2) is 0 Å². The number of hydrogen-bond acceptors (Lipinski definition) is 3. The van der Waals surface area contributed by atoms with Gasteiger partial charge in [-0.05, 0) is 44.5 Å². The molecule has 96 valence electrons. The Morgan fingerprint density at radius 2 is 2.00 bits per heavy atom. The minimum atomic E-state index is -1.02. The summed E-state index contributed by atoms with van der Waals surface area (Å²) in [5.74, 6) is -0.290. The van der Waals surface area contributed by atoms with E-state index in [0.29, 0.717) is 5.69 Å². The molecular weight excluding hydrogens is 226 g/mol. The van der Waals surface area contributed by atoms with Gasteiger partial charge in [0.05, 0.1) is 6.07 Å². The molecule has 0 bridgehead atoms. The quantitative estimate of drug-likeness (QED) is 0.890. The molecule has 0 atom stereocenters. The molecular formula is C14H19N3O. The molecule has 0 radical (unpaired) electrons. The molecule has 0 aliphatic heterocycles. The van der Waals surface area contributed by atoms with Crippen molar-refractivity contribution in [3.8, 4) is 6.07 Å². The summed E-state index contributed by atoms with van der Waals surface area (Å²) in [5, 5.41) is 11.7. The first-order valence-corrected chi connectivity index (χ1v) is 5.78. The Kier molecular flexibility index (Phi) is 3.97. The number of benzene rings is 1. The average Bonchev–Trinajstić information content (AvgIpc) is 2.28. The number of carbonyl (C=O) groups is 1. The Morgan fingerprint density at radius 3 is 2.44 bits per heavy atom. The zero-order chi connectivity index (χ0) is 13.9. The van der Waals surface area contributed by atoms with Crippen LogP contribution in [0.5, 0.6) is 0 Å². The number of hydrogen-bond donors (Lipinski definition) is 1. The van der Waals surface area contributed by atoms with E-state index in [1.807, 2.05) is 50.2 Å². The van der Waals surface area contributed by atoms with E-state index >= 15 is 0 Å². The molecule has 0 saturated carbocycles. The van der Waals surface area contributed by atoms with E-state index in [2.05, 4.69) is 5.32 Å². The molecule has 0 aliphatic carbocycles. The van der Waals surface area contributed by atoms with Crippen LogP contribution in [0, 0.1) is 23.7 Å². The van der Waals surface area contributed by atoms with Crippen LogP contribution in [0.15, 0.2) is 18.2 Å². The van der Waals surface area contributed by atoms with Gasteiger partial charge < -0.3 is 10.2 Å². The number of nitrogens with one attached hydrogen (secondary N) is 1. The summed E-state index contributed by atoms with van der Waals surface area (Å²) in [6.07, 6.45) is 0. The van der Waals surface area contributed by atoms with Gasteiger partial charge in [0.25, 0.3) is 0 Å². The maximum absolute atomic E-state index is 11.9. The second kappa shape index (κ2) is 5.09. The molecule has 18 heavy (non-hydrogen) atoms. The van der Waals surface area contributed by atoms with E-state index < -0.39 is 5.41 Å². The number of carbonyl (C=O) groups excluding carboxylic acids is 1. The molecule has 1 N–H and O–H groups in total. The molecule has 0 spiro atoms. The summed E-state index contributed by atoms with van der Waals surface area (Å²) in [6.45, 7) is 5.19. The third kappa shape index (κ3) is 3.01. The van der Waals surface area contributed by atoms with Gasteiger partial charge in [0.2, 0.25) is 5.91 Å². The highest BCUT2D eigenvalue weighted by Crippen LogP contribution is 2.23. The predicted octanol–water partition coefficient (Wildman–Crippen LogP) is 2.55. The van der Waals surface area contributed by atoms with Crippen molar-refractivity contribution in [1.29, 1.82) is 5.26 Å². The van der Waals surface area contributed by atoms with E-state index in [-0.39, 0.29) is 5.91 Å². The molecule has 1 aromatic carbocycles. The zero-order valence-corrected chi connectivity index (χ0v) is 11.5. The second-order valence-corrected chi connectivity index (χ2v) is 5.09. The van der Waals surface area contributed by atoms with Crippen molar-refractivity contribution < 1.29 is 4.79 Å². The number of nitrogens with zero attached hydrogens (tertiary/aromatic N) is 2. The van der Waals surface area contributed by atoms with Crippen LogP contribution in [0.25, 0.3) is 0 Å². The Hall–Kier alpha value is -2.02. The molecule has 1 rings (SSSR count). The maximum Gasteiger partial charge on any atom is 0.244 e. The van der Waals surface area contributed by atoms with Crippen LogP contribution < -0.4 is 10.2 Å². The molecule has 0 unspecified atom stereocenters. The van der Waals surface area contributed by atoms with E-state index in [4.69, 9.17) is 5.26 Å². The molecule has 1 aromatic rings. The van der Waals surface area contributed by atoms with Crippen molar-refractivity contribution in [3.05, 3.63) is 23.8 Å². The van der Waals surface area contributed by atoms with Crippen molar-refractivity contribution in [1.82, 2.24) is 0 Å². The fourth-order valence-electron chi connectivity index (χ4n) is 1.57. The van der Waals surface area contributed by atoms with Gasteiger partial charge in [-0.2, -0.15) is 5.26 Å². The van der Waals surface area contributed by atoms with Crippen LogP contribution in [0.2, 0.25) is 0 Å². The van der Waals surface area contributed by atoms with Gasteiger partial charge in [-0.1, -0.05) is 0 Å². The van der Waals surface area contributed by atoms with Crippen molar-refractivity contribution in [3.63, 3.8) is 0 Å². The molecule has 4 heteroatoms. The van der Waals surface area contributed by atoms with Crippen molar-refractivity contribution >= 4 is 17.3 Å². The summed E-state index contributed by atoms with van der Waals surface area (Å²) >= 11 is 0. The summed E-state index contributed by atoms with van der Waals surface area (Å²) < 4.78 is 0. The molecule has 0 fully saturated rings. The van der Waals surface area contributed by atoms with Gasteiger partial charge in [-0.3, -0.25) is 4.79 Å². The topological polar surface area (TPSA) is 56.1 Å². The number of amides is 1. The van der Waals surface area contributed by atoms with Gasteiger partial charge in [-0.15, -0.1) is 0 Å². The highest BCUT2D eigenvalue weighted by Gasteiger charge is 2.27. The second-order valence-electron chi connectivity index (χ2n) is 5.09. The Morgan fingerprint density at radius 1 is 1.39 bits per heavy atom. The third-order valence-corrected chi connectivity index (χ3v) is 2.78. The minimum absolute atomic E-state index is 0.290. The van der Waals surface area contributed by atoms with Gasteiger partial charge in [0.15, 0.2) is 0 Å². The fraction of sp³-hybridized carbons (Fsp3) is 0.429. The maximum atomic E-state index is 11.9. The zero-order valence-electron chi connectivity index (χ0n) is 11.5. The normalized spacial score (nSPS) is 10.7. The van der Waals surface area contributed by atoms with E-state index in [9.17, 15) is 4.79 Å². The first-order valence-electron chi connectivity index (χ1n) is 5.78. The predicted molar refractivity (Wildman–Crippen MR) is 73.5 cm³/mol. The number of rotatable bonds is 3. The first-order chi connectivity index (χ1) is 8.27. The number of anilines is 2. The molecule has 0 aliphatic rings. The summed E-state index contributed by atoms with van der Waals surface area (Å²) in [7, 11) is 3.94. The van der Waals surface area contributed by atoms with Crippen LogP contribution >= 0.6 is 0 Å². The lowest BCUT2D eigenvalue weighted by atomic mass is 9.94. The van der Waals surface area contributed by atoms with Gasteiger partial charge in [0.1, 0.15) is 5.41 Å². The van der Waals surface area contributed by atoms with E-state index in [0.717, 1.165) is 11.3 Å². The van der Waals surface area contributed by atoms with Crippen LogP contribution in [0.3, 0.4) is 0 Å². The Labute approximate surface area is 108 Å². The lowest BCUT2D eigenvalue weighted by molar-refractivity contribution is -0.121. The highest BCUT2D eigenvalue weighted by atomic mass is 16.2. The molecule has 0 saturated heterocycles. The summed E-state index contributed by atoms with van der Waals surface area (Å²) in [4.78, 5) is 13.9. The Balaban J connectivity index is 2.92. The van der Waals surface area contributed by atoms with E-state index in [1.54, 1.807) is 13.8 Å². The molecule has 4 nitrogen and oxygen atoms in total. The molecule has 0 heterocycles. The third-order valence-electron chi connectivity index (χ3n) is 2.78. The largest absolute Gasteiger partial charge is 0.377 e. The minimum Gasteiger partial charge on any atom is -0.377 e. The van der Waals surface area contributed by atoms with Crippen molar-refractivity contribution in [2.75, 3.05) is 24.3 Å². The number of aryl methyl sites for hydroxylation is 1. The number of nitriles is 1. The van der Waals surface area contributed by atoms with Crippen LogP contribution in [0.1, 0.15) is 19.4 Å². The Bertz CT molecular complexity index is 498. The monoisotopic (exact) mass is 245 g/mol. The highest BCUT2D eigenvalue weighted by molar-refractivity contribution is 5.96. The van der Waals surface area contributed by atoms with Crippen molar-refractivity contribution in [2.24, 2.45) is 5.41 Å². The van der Waals surface area contributed by atoms with E-state index in [1.165, 1.54) is 0 Å². The standard InChI is InChI=1S/C14H19N3O/c1-10-8-11(6-7-12(10)17(4)5)16-13(18)14(2,3)9-15/h6-8H,1-5H3,(H,16,18). The first kappa shape index (κ1) is 14.0. The molecule has 0 aromatic heterocycles. The van der Waals surface area contributed by atoms with Crippen LogP contribution in [0.4, 0.5) is 11.4 Å². The van der Waals surface area contributed by atoms with Gasteiger partial charge >= 0.3 is 0 Å². The van der Waals surface area contributed by atoms with Crippen LogP contribution in [-0.2, 0) is 4.79 Å². The summed E-state index contributed by atoms with van der Waals surface area (Å²) in [5.41, 5.74) is 1.88. The SMILES string of the molecule is Cc1cc(NC(=O)C(C)(C)C#N)ccc1N(C)C. The van der Waals surface area contributed by atoms with Gasteiger partial charge in [0, 0.05) is 25.5 Å². The average molecular weight is 245 g/mol.